The van der Waals surface area contributed by atoms with Crippen LogP contribution in [0.1, 0.15) is 36.6 Å². The lowest BCUT2D eigenvalue weighted by atomic mass is 10.00. The smallest absolute Gasteiger partial charge is 0.324 e. The van der Waals surface area contributed by atoms with Crippen molar-refractivity contribution < 1.29 is 28.7 Å². The minimum atomic E-state index is -4.29. The minimum absolute atomic E-state index is 0.315. The molecule has 0 aliphatic heterocycles. The Morgan fingerprint density at radius 3 is 1.27 bits per heavy atom. The van der Waals surface area contributed by atoms with Crippen molar-refractivity contribution in [3.05, 3.63) is 72.3 Å². The number of nitrogens with zero attached hydrogens (tertiary/aromatic N) is 2. The molecule has 0 saturated heterocycles. The van der Waals surface area contributed by atoms with Gasteiger partial charge in [-0.05, 0) is 60.4 Å². The van der Waals surface area contributed by atoms with Crippen molar-refractivity contribution in [3.63, 3.8) is 0 Å². The van der Waals surface area contributed by atoms with E-state index in [1.54, 1.807) is 24.3 Å². The quantitative estimate of drug-likeness (QED) is 0.410. The molecule has 0 fully saturated rings. The van der Waals surface area contributed by atoms with Crippen LogP contribution >= 0.6 is 15.2 Å². The van der Waals surface area contributed by atoms with Crippen molar-refractivity contribution in [1.29, 1.82) is 0 Å². The lowest BCUT2D eigenvalue weighted by Gasteiger charge is -2.14. The number of hydrogen-bond acceptors (Lipinski definition) is 4. The van der Waals surface area contributed by atoms with Crippen molar-refractivity contribution in [1.82, 2.24) is 9.97 Å². The van der Waals surface area contributed by atoms with Gasteiger partial charge < -0.3 is 19.6 Å². The summed E-state index contributed by atoms with van der Waals surface area (Å²) in [5, 5.41) is 0. The van der Waals surface area contributed by atoms with Gasteiger partial charge in [0.15, 0.2) is 0 Å². The van der Waals surface area contributed by atoms with Gasteiger partial charge in [-0.15, -0.1) is 0 Å². The van der Waals surface area contributed by atoms with Gasteiger partial charge in [-0.1, -0.05) is 24.3 Å². The first-order valence-corrected chi connectivity index (χ1v) is 12.5. The third-order valence-electron chi connectivity index (χ3n) is 4.98. The number of rotatable bonds is 6. The van der Waals surface area contributed by atoms with Gasteiger partial charge in [0.2, 0.25) is 0 Å². The van der Waals surface area contributed by atoms with Gasteiger partial charge >= 0.3 is 15.2 Å². The molecule has 0 aliphatic rings. The van der Waals surface area contributed by atoms with Gasteiger partial charge in [0.05, 0.1) is 11.4 Å². The average molecular weight is 448 g/mol. The van der Waals surface area contributed by atoms with Gasteiger partial charge in [-0.3, -0.25) is 19.1 Å². The monoisotopic (exact) mass is 448 g/mol. The van der Waals surface area contributed by atoms with Crippen LogP contribution in [0, 0.1) is 0 Å². The van der Waals surface area contributed by atoms with Crippen LogP contribution in [0.15, 0.2) is 60.9 Å². The second-order valence-corrected chi connectivity index (χ2v) is 11.0. The maximum absolute atomic E-state index is 11.5. The topological polar surface area (TPSA) is 141 Å². The zero-order chi connectivity index (χ0) is 22.1. The molecule has 2 unspecified atom stereocenters. The maximum atomic E-state index is 11.5. The Bertz CT molecular complexity index is 1050. The molecule has 0 saturated carbocycles. The Kier molecular flexibility index (Phi) is 6.39. The van der Waals surface area contributed by atoms with E-state index in [-0.39, 0.29) is 0 Å². The Labute approximate surface area is 174 Å². The van der Waals surface area contributed by atoms with Gasteiger partial charge in [-0.25, -0.2) is 0 Å². The van der Waals surface area contributed by atoms with E-state index in [0.717, 1.165) is 22.3 Å². The summed E-state index contributed by atoms with van der Waals surface area (Å²) in [6.07, 6.45) is 3.03. The molecule has 10 heteroatoms. The predicted molar refractivity (Wildman–Crippen MR) is 114 cm³/mol. The van der Waals surface area contributed by atoms with E-state index < -0.39 is 26.5 Å². The molecule has 0 bridgehead atoms. The molecule has 8 nitrogen and oxygen atoms in total. The van der Waals surface area contributed by atoms with Gasteiger partial charge in [0, 0.05) is 12.4 Å². The van der Waals surface area contributed by atoms with Gasteiger partial charge in [0.1, 0.15) is 11.3 Å². The molecular weight excluding hydrogens is 426 g/mol. The molecule has 0 radical (unpaired) electrons. The normalized spacial score (nSPS) is 14.3. The van der Waals surface area contributed by atoms with Crippen LogP contribution < -0.4 is 0 Å². The summed E-state index contributed by atoms with van der Waals surface area (Å²) in [7, 11) is -8.57. The van der Waals surface area contributed by atoms with E-state index in [1.807, 2.05) is 24.3 Å². The molecule has 3 aromatic rings. The van der Waals surface area contributed by atoms with E-state index in [9.17, 15) is 28.7 Å². The summed E-state index contributed by atoms with van der Waals surface area (Å²) in [6.45, 7) is 2.88. The molecule has 1 aromatic carbocycles. The molecule has 0 amide bonds. The summed E-state index contributed by atoms with van der Waals surface area (Å²) in [4.78, 5) is 45.7. The lowest BCUT2D eigenvalue weighted by molar-refractivity contribution is 0.359. The van der Waals surface area contributed by atoms with Crippen LogP contribution in [-0.2, 0) is 9.13 Å². The van der Waals surface area contributed by atoms with E-state index in [0.29, 0.717) is 11.4 Å². The van der Waals surface area contributed by atoms with Crippen LogP contribution in [-0.4, -0.2) is 29.5 Å². The Hall–Kier alpha value is -2.18. The first-order chi connectivity index (χ1) is 14.0. The SMILES string of the molecule is CC(c1cc(-c2ccc(-c3ccnc(C(C)P(=O)(O)O)c3)cc2)ccn1)P(=O)(O)O. The fraction of sp³-hybridized carbons (Fsp3) is 0.200. The summed E-state index contributed by atoms with van der Waals surface area (Å²) in [6, 6.07) is 14.3. The van der Waals surface area contributed by atoms with Crippen LogP contribution in [0.2, 0.25) is 0 Å². The van der Waals surface area contributed by atoms with Gasteiger partial charge in [-0.2, -0.15) is 0 Å². The van der Waals surface area contributed by atoms with Crippen LogP contribution in [0.4, 0.5) is 0 Å². The van der Waals surface area contributed by atoms with Crippen molar-refractivity contribution in [2.24, 2.45) is 0 Å². The highest BCUT2D eigenvalue weighted by Crippen LogP contribution is 2.51. The number of aromatic nitrogens is 2. The van der Waals surface area contributed by atoms with Crippen molar-refractivity contribution in [3.8, 4) is 22.3 Å². The third-order valence-corrected chi connectivity index (χ3v) is 7.53. The van der Waals surface area contributed by atoms with Gasteiger partial charge in [0.25, 0.3) is 0 Å². The number of benzene rings is 1. The van der Waals surface area contributed by atoms with Crippen molar-refractivity contribution >= 4 is 15.2 Å². The maximum Gasteiger partial charge on any atom is 0.334 e. The second kappa shape index (κ2) is 8.52. The molecule has 2 heterocycles. The minimum Gasteiger partial charge on any atom is -0.324 e. The Morgan fingerprint density at radius 2 is 0.967 bits per heavy atom. The fourth-order valence-corrected chi connectivity index (χ4v) is 3.88. The molecule has 4 N–H and O–H groups in total. The lowest BCUT2D eigenvalue weighted by Crippen LogP contribution is -1.98. The molecular formula is C20H22N2O6P2. The summed E-state index contributed by atoms with van der Waals surface area (Å²) in [5.74, 6) is 0. The average Bonchev–Trinajstić information content (AvgIpc) is 2.71. The Balaban J connectivity index is 1.90. The predicted octanol–water partition coefficient (Wildman–Crippen LogP) is 4.29. The molecule has 30 heavy (non-hydrogen) atoms. The van der Waals surface area contributed by atoms with E-state index in [2.05, 4.69) is 9.97 Å². The molecule has 0 aliphatic carbocycles. The molecule has 158 valence electrons. The van der Waals surface area contributed by atoms with Crippen LogP contribution in [0.5, 0.6) is 0 Å². The summed E-state index contributed by atoms with van der Waals surface area (Å²) < 4.78 is 23.0. The van der Waals surface area contributed by atoms with Crippen molar-refractivity contribution in [2.75, 3.05) is 0 Å². The fourth-order valence-electron chi connectivity index (χ4n) is 2.91. The first kappa shape index (κ1) is 22.5. The highest BCUT2D eigenvalue weighted by atomic mass is 31.2. The van der Waals surface area contributed by atoms with E-state index in [1.165, 1.54) is 26.2 Å². The number of pyridine rings is 2. The van der Waals surface area contributed by atoms with Crippen LogP contribution in [0.3, 0.4) is 0 Å². The second-order valence-electron chi connectivity index (χ2n) is 7.05. The number of hydrogen-bond donors (Lipinski definition) is 4. The zero-order valence-corrected chi connectivity index (χ0v) is 18.1. The molecule has 2 aromatic heterocycles. The molecule has 0 spiro atoms. The van der Waals surface area contributed by atoms with E-state index in [4.69, 9.17) is 0 Å². The summed E-state index contributed by atoms with van der Waals surface area (Å²) >= 11 is 0. The highest BCUT2D eigenvalue weighted by molar-refractivity contribution is 7.52. The third kappa shape index (κ3) is 5.10. The van der Waals surface area contributed by atoms with Crippen molar-refractivity contribution in [2.45, 2.75) is 25.2 Å². The first-order valence-electron chi connectivity index (χ1n) is 9.10. The zero-order valence-electron chi connectivity index (χ0n) is 16.3. The standard InChI is InChI=1S/C20H22N2O6P2/c1-13(29(23,24)25)19-11-17(7-9-21-19)15-3-5-16(6-4-15)18-8-10-22-20(12-18)14(2)30(26,27)28/h3-14H,1-2H3,(H2,23,24,25)(H2,26,27,28). The van der Waals surface area contributed by atoms with E-state index >= 15 is 0 Å². The molecule has 2 atom stereocenters. The highest BCUT2D eigenvalue weighted by Gasteiger charge is 2.28. The largest absolute Gasteiger partial charge is 0.334 e. The molecule has 3 rings (SSSR count). The van der Waals surface area contributed by atoms with Crippen LogP contribution in [0.25, 0.3) is 22.3 Å². The Morgan fingerprint density at radius 1 is 0.633 bits per heavy atom. The summed E-state index contributed by atoms with van der Waals surface area (Å²) in [5.41, 5.74) is 1.88.